The maximum absolute atomic E-state index is 12.0. The van der Waals surface area contributed by atoms with Crippen LogP contribution in [0.5, 0.6) is 17.2 Å². The summed E-state index contributed by atoms with van der Waals surface area (Å²) in [6, 6.07) is 13.7. The van der Waals surface area contributed by atoms with Crippen molar-refractivity contribution < 1.29 is 14.3 Å². The number of nitrogens with zero attached hydrogens (tertiary/aromatic N) is 1. The number of carbonyl (C=O) groups is 1. The minimum absolute atomic E-state index is 0.0560. The minimum atomic E-state index is -0.238. The molecule has 1 aromatic heterocycles. The summed E-state index contributed by atoms with van der Waals surface area (Å²) in [6.07, 6.45) is 3.19. The van der Waals surface area contributed by atoms with Gasteiger partial charge in [-0.25, -0.2) is 0 Å². The average Bonchev–Trinajstić information content (AvgIpc) is 3.20. The lowest BCUT2D eigenvalue weighted by Crippen LogP contribution is -2.12. The number of hydrogen-bond donors (Lipinski definition) is 2. The third kappa shape index (κ3) is 5.02. The number of ketones is 1. The molecule has 6 heteroatoms. The van der Waals surface area contributed by atoms with Gasteiger partial charge in [-0.05, 0) is 36.1 Å². The van der Waals surface area contributed by atoms with Crippen molar-refractivity contribution in [2.24, 2.45) is 0 Å². The fourth-order valence-corrected chi connectivity index (χ4v) is 3.67. The molecule has 3 aromatic rings. The van der Waals surface area contributed by atoms with Crippen LogP contribution in [0, 0.1) is 5.41 Å². The molecule has 0 aliphatic carbocycles. The second-order valence-corrected chi connectivity index (χ2v) is 8.60. The second kappa shape index (κ2) is 9.16. The van der Waals surface area contributed by atoms with E-state index in [1.807, 2.05) is 36.4 Å². The van der Waals surface area contributed by atoms with Crippen LogP contribution in [0.2, 0.25) is 0 Å². The maximum atomic E-state index is 12.0. The molecule has 0 aliphatic rings. The van der Waals surface area contributed by atoms with Crippen LogP contribution in [0.15, 0.2) is 48.7 Å². The van der Waals surface area contributed by atoms with E-state index < -0.39 is 0 Å². The van der Waals surface area contributed by atoms with Crippen LogP contribution in [-0.4, -0.2) is 29.3 Å². The molecule has 0 saturated carbocycles. The summed E-state index contributed by atoms with van der Waals surface area (Å²) < 4.78 is 11.9. The van der Waals surface area contributed by atoms with Crippen LogP contribution < -0.4 is 9.47 Å². The summed E-state index contributed by atoms with van der Waals surface area (Å²) in [5.74, 6) is 1.78. The molecule has 6 nitrogen and oxygen atoms in total. The Kier molecular flexibility index (Phi) is 6.59. The van der Waals surface area contributed by atoms with E-state index in [4.69, 9.17) is 14.9 Å². The van der Waals surface area contributed by atoms with Gasteiger partial charge in [0.15, 0.2) is 11.5 Å². The number of aromatic nitrogens is 2. The van der Waals surface area contributed by atoms with Crippen molar-refractivity contribution in [1.82, 2.24) is 10.2 Å². The Balaban J connectivity index is 2.01. The molecule has 31 heavy (non-hydrogen) atoms. The highest BCUT2D eigenvalue weighted by molar-refractivity contribution is 5.80. The highest BCUT2D eigenvalue weighted by atomic mass is 16.5. The molecule has 2 aromatic carbocycles. The smallest absolute Gasteiger partial charge is 0.169 e. The van der Waals surface area contributed by atoms with E-state index in [1.165, 1.54) is 6.21 Å². The van der Waals surface area contributed by atoms with E-state index in [0.29, 0.717) is 23.6 Å². The number of ether oxygens (including phenoxy) is 2. The van der Waals surface area contributed by atoms with E-state index in [1.54, 1.807) is 20.2 Å². The Morgan fingerprint density at radius 3 is 2.55 bits per heavy atom. The van der Waals surface area contributed by atoms with Gasteiger partial charge in [0.2, 0.25) is 0 Å². The van der Waals surface area contributed by atoms with Gasteiger partial charge in [-0.3, -0.25) is 9.89 Å². The molecule has 0 saturated heterocycles. The Bertz CT molecular complexity index is 1080. The van der Waals surface area contributed by atoms with Gasteiger partial charge in [-0.1, -0.05) is 45.0 Å². The first kappa shape index (κ1) is 22.3. The monoisotopic (exact) mass is 419 g/mol. The van der Waals surface area contributed by atoms with Gasteiger partial charge < -0.3 is 14.9 Å². The predicted octanol–water partition coefficient (Wildman–Crippen LogP) is 5.62. The van der Waals surface area contributed by atoms with Gasteiger partial charge in [-0.15, -0.1) is 0 Å². The molecule has 0 bridgehead atoms. The number of Topliss-reactive ketones (excluding diaryl/α,β-unsaturated/α-hetero) is 1. The van der Waals surface area contributed by atoms with Crippen molar-refractivity contribution in [2.45, 2.75) is 45.4 Å². The van der Waals surface area contributed by atoms with Crippen LogP contribution in [0.4, 0.5) is 0 Å². The summed E-state index contributed by atoms with van der Waals surface area (Å²) in [5, 5.41) is 14.5. The molecule has 1 heterocycles. The maximum Gasteiger partial charge on any atom is 0.169 e. The van der Waals surface area contributed by atoms with E-state index in [-0.39, 0.29) is 17.1 Å². The Morgan fingerprint density at radius 1 is 1.16 bits per heavy atom. The van der Waals surface area contributed by atoms with Crippen LogP contribution in [-0.2, 0) is 10.2 Å². The Labute approximate surface area is 183 Å². The first-order valence-electron chi connectivity index (χ1n) is 10.2. The van der Waals surface area contributed by atoms with Gasteiger partial charge in [0.25, 0.3) is 0 Å². The molecule has 0 radical (unpaired) electrons. The molecule has 2 N–H and O–H groups in total. The van der Waals surface area contributed by atoms with Crippen molar-refractivity contribution >= 4 is 12.0 Å². The molecule has 1 atom stereocenters. The van der Waals surface area contributed by atoms with Gasteiger partial charge >= 0.3 is 0 Å². The number of carbonyl (C=O) groups excluding carboxylic acids is 1. The third-order valence-corrected chi connectivity index (χ3v) is 5.22. The van der Waals surface area contributed by atoms with E-state index in [2.05, 4.69) is 37.0 Å². The Hall–Kier alpha value is -3.41. The molecular formula is C25H29N3O3. The second-order valence-electron chi connectivity index (χ2n) is 8.60. The van der Waals surface area contributed by atoms with Crippen LogP contribution >= 0.6 is 0 Å². The van der Waals surface area contributed by atoms with Crippen LogP contribution in [0.3, 0.4) is 0 Å². The minimum Gasteiger partial charge on any atom is -0.493 e. The molecular weight excluding hydrogens is 390 g/mol. The lowest BCUT2D eigenvalue weighted by molar-refractivity contribution is -0.117. The molecule has 0 spiro atoms. The number of para-hydroxylation sites is 1. The summed E-state index contributed by atoms with van der Waals surface area (Å²) >= 11 is 0. The largest absolute Gasteiger partial charge is 0.493 e. The highest BCUT2D eigenvalue weighted by Crippen LogP contribution is 2.40. The fraction of sp³-hybridized carbons (Fsp3) is 0.320. The first-order valence-corrected chi connectivity index (χ1v) is 10.2. The van der Waals surface area contributed by atoms with Crippen molar-refractivity contribution in [2.75, 3.05) is 7.11 Å². The van der Waals surface area contributed by atoms with Gasteiger partial charge in [0.1, 0.15) is 11.5 Å². The number of hydrogen-bond acceptors (Lipinski definition) is 5. The van der Waals surface area contributed by atoms with E-state index >= 15 is 0 Å². The number of nitrogens with one attached hydrogen (secondary N) is 2. The summed E-state index contributed by atoms with van der Waals surface area (Å²) in [6.45, 7) is 8.00. The van der Waals surface area contributed by atoms with Gasteiger partial charge in [-0.2, -0.15) is 5.10 Å². The summed E-state index contributed by atoms with van der Waals surface area (Å²) in [7, 11) is 1.60. The lowest BCUT2D eigenvalue weighted by Gasteiger charge is -2.23. The SMILES string of the molecule is COc1cc(C(CC(C)=O)c2cn[nH]c2C=N)ccc1Oc1ccccc1C(C)(C)C. The first-order chi connectivity index (χ1) is 14.7. The zero-order valence-corrected chi connectivity index (χ0v) is 18.7. The number of aromatic amines is 1. The standard InChI is InChI=1S/C25H29N3O3/c1-16(29)12-18(19-15-27-28-21(19)14-26)17-10-11-23(24(13-17)30-5)31-22-9-7-6-8-20(22)25(2,3)4/h6-11,13-15,18,26H,12H2,1-5H3,(H,27,28). The number of benzene rings is 2. The van der Waals surface area contributed by atoms with E-state index in [9.17, 15) is 4.79 Å². The highest BCUT2D eigenvalue weighted by Gasteiger charge is 2.23. The van der Waals surface area contributed by atoms with Crippen molar-refractivity contribution in [3.8, 4) is 17.2 Å². The van der Waals surface area contributed by atoms with Crippen LogP contribution in [0.1, 0.15) is 62.4 Å². The van der Waals surface area contributed by atoms with Gasteiger partial charge in [0, 0.05) is 29.7 Å². The summed E-state index contributed by atoms with van der Waals surface area (Å²) in [4.78, 5) is 12.0. The van der Waals surface area contributed by atoms with Crippen molar-refractivity contribution in [1.29, 1.82) is 5.41 Å². The Morgan fingerprint density at radius 2 is 1.90 bits per heavy atom. The number of methoxy groups -OCH3 is 1. The zero-order chi connectivity index (χ0) is 22.6. The van der Waals surface area contributed by atoms with E-state index in [0.717, 1.165) is 22.4 Å². The molecule has 162 valence electrons. The number of H-pyrrole nitrogens is 1. The molecule has 0 amide bonds. The molecule has 0 fully saturated rings. The van der Waals surface area contributed by atoms with Gasteiger partial charge in [0.05, 0.1) is 19.0 Å². The summed E-state index contributed by atoms with van der Waals surface area (Å²) in [5.41, 5.74) is 3.32. The number of rotatable bonds is 8. The van der Waals surface area contributed by atoms with Crippen molar-refractivity contribution in [3.63, 3.8) is 0 Å². The molecule has 1 unspecified atom stereocenters. The quantitative estimate of drug-likeness (QED) is 0.464. The average molecular weight is 420 g/mol. The third-order valence-electron chi connectivity index (χ3n) is 5.22. The normalized spacial score (nSPS) is 12.3. The fourth-order valence-electron chi connectivity index (χ4n) is 3.67. The molecule has 3 rings (SSSR count). The van der Waals surface area contributed by atoms with Crippen LogP contribution in [0.25, 0.3) is 0 Å². The topological polar surface area (TPSA) is 88.1 Å². The lowest BCUT2D eigenvalue weighted by atomic mass is 9.86. The molecule has 0 aliphatic heterocycles. The zero-order valence-electron chi connectivity index (χ0n) is 18.7. The van der Waals surface area contributed by atoms with Crippen molar-refractivity contribution in [3.05, 3.63) is 71.0 Å². The predicted molar refractivity (Wildman–Crippen MR) is 122 cm³/mol.